The zero-order valence-corrected chi connectivity index (χ0v) is 14.9. The minimum absolute atomic E-state index is 0.128. The van der Waals surface area contributed by atoms with Crippen molar-refractivity contribution in [3.8, 4) is 5.75 Å². The lowest BCUT2D eigenvalue weighted by Crippen LogP contribution is -2.30. The number of hydrogen-bond donors (Lipinski definition) is 2. The number of rotatable bonds is 7. The highest BCUT2D eigenvalue weighted by molar-refractivity contribution is 7.86. The molecule has 0 saturated heterocycles. The highest BCUT2D eigenvalue weighted by Gasteiger charge is 2.18. The van der Waals surface area contributed by atoms with Crippen LogP contribution in [0, 0.1) is 0 Å². The van der Waals surface area contributed by atoms with Crippen LogP contribution in [-0.4, -0.2) is 26.1 Å². The van der Waals surface area contributed by atoms with Crippen molar-refractivity contribution < 1.29 is 17.7 Å². The van der Waals surface area contributed by atoms with Crippen LogP contribution in [0.2, 0.25) is 0 Å². The first-order valence-electron chi connectivity index (χ1n) is 7.76. The summed E-state index contributed by atoms with van der Waals surface area (Å²) in [5, 5.41) is 3.49. The molecule has 0 aliphatic heterocycles. The predicted molar refractivity (Wildman–Crippen MR) is 94.0 cm³/mol. The fourth-order valence-corrected chi connectivity index (χ4v) is 3.43. The van der Waals surface area contributed by atoms with Gasteiger partial charge in [-0.3, -0.25) is 4.55 Å². The van der Waals surface area contributed by atoms with E-state index in [2.05, 4.69) is 24.4 Å². The zero-order valence-electron chi connectivity index (χ0n) is 14.1. The third-order valence-electron chi connectivity index (χ3n) is 3.88. The summed E-state index contributed by atoms with van der Waals surface area (Å²) < 4.78 is 37.3. The quantitative estimate of drug-likeness (QED) is 0.751. The first kappa shape index (κ1) is 18.4. The Balaban J connectivity index is 2.10. The van der Waals surface area contributed by atoms with Gasteiger partial charge in [0.15, 0.2) is 0 Å². The average molecular weight is 349 g/mol. The molecular formula is C18H23NO4S. The molecule has 0 aliphatic rings. The van der Waals surface area contributed by atoms with Gasteiger partial charge in [-0.25, -0.2) is 0 Å². The van der Waals surface area contributed by atoms with Crippen molar-refractivity contribution >= 4 is 10.1 Å². The molecule has 0 radical (unpaired) electrons. The second-order valence-electron chi connectivity index (χ2n) is 5.86. The van der Waals surface area contributed by atoms with Crippen LogP contribution in [0.4, 0.5) is 0 Å². The van der Waals surface area contributed by atoms with Crippen LogP contribution in [0.5, 0.6) is 5.75 Å². The molecule has 0 saturated carbocycles. The van der Waals surface area contributed by atoms with E-state index in [0.29, 0.717) is 6.42 Å². The van der Waals surface area contributed by atoms with Crippen LogP contribution in [0.25, 0.3) is 0 Å². The van der Waals surface area contributed by atoms with Crippen molar-refractivity contribution in [2.75, 3.05) is 7.11 Å². The van der Waals surface area contributed by atoms with Gasteiger partial charge in [0.1, 0.15) is 10.6 Å². The molecule has 0 heterocycles. The monoisotopic (exact) mass is 349 g/mol. The Kier molecular flexibility index (Phi) is 5.99. The molecule has 6 heteroatoms. The van der Waals surface area contributed by atoms with Crippen LogP contribution in [0.3, 0.4) is 0 Å². The first-order chi connectivity index (χ1) is 11.3. The largest absolute Gasteiger partial charge is 0.495 e. The molecule has 2 aromatic rings. The molecule has 0 amide bonds. The summed E-state index contributed by atoms with van der Waals surface area (Å²) in [5.41, 5.74) is 2.00. The Bertz CT molecular complexity index is 775. The Morgan fingerprint density at radius 1 is 1.12 bits per heavy atom. The van der Waals surface area contributed by atoms with E-state index in [9.17, 15) is 13.0 Å². The van der Waals surface area contributed by atoms with E-state index in [1.54, 1.807) is 12.1 Å². The van der Waals surface area contributed by atoms with Crippen LogP contribution >= 0.6 is 0 Å². The number of nitrogens with one attached hydrogen (secondary N) is 1. The van der Waals surface area contributed by atoms with E-state index in [-0.39, 0.29) is 22.7 Å². The molecule has 2 rings (SSSR count). The van der Waals surface area contributed by atoms with Crippen LogP contribution in [-0.2, 0) is 16.5 Å². The van der Waals surface area contributed by atoms with Gasteiger partial charge in [0.25, 0.3) is 10.1 Å². The predicted octanol–water partition coefficient (Wildman–Crippen LogP) is 3.22. The molecule has 2 aromatic carbocycles. The van der Waals surface area contributed by atoms with Gasteiger partial charge in [0.05, 0.1) is 7.11 Å². The lowest BCUT2D eigenvalue weighted by molar-refractivity contribution is 0.397. The van der Waals surface area contributed by atoms with Gasteiger partial charge in [-0.15, -0.1) is 0 Å². The Morgan fingerprint density at radius 3 is 2.38 bits per heavy atom. The second-order valence-corrected chi connectivity index (χ2v) is 7.25. The smallest absolute Gasteiger partial charge is 0.298 e. The summed E-state index contributed by atoms with van der Waals surface area (Å²) in [5.74, 6) is 0.138. The van der Waals surface area contributed by atoms with Gasteiger partial charge in [-0.1, -0.05) is 36.4 Å². The summed E-state index contributed by atoms with van der Waals surface area (Å²) in [6, 6.07) is 15.2. The van der Waals surface area contributed by atoms with E-state index >= 15 is 0 Å². The number of hydrogen-bond acceptors (Lipinski definition) is 4. The third kappa shape index (κ3) is 4.80. The zero-order chi connectivity index (χ0) is 17.7. The normalized spacial score (nSPS) is 14.2. The molecule has 2 atom stereocenters. The maximum Gasteiger partial charge on any atom is 0.298 e. The van der Waals surface area contributed by atoms with Gasteiger partial charge < -0.3 is 10.1 Å². The molecule has 5 nitrogen and oxygen atoms in total. The molecular weight excluding hydrogens is 326 g/mol. The van der Waals surface area contributed by atoms with E-state index in [0.717, 1.165) is 5.56 Å². The van der Waals surface area contributed by atoms with Gasteiger partial charge >= 0.3 is 0 Å². The lowest BCUT2D eigenvalue weighted by Gasteiger charge is -2.21. The van der Waals surface area contributed by atoms with Crippen molar-refractivity contribution in [1.29, 1.82) is 0 Å². The molecule has 0 spiro atoms. The van der Waals surface area contributed by atoms with Crippen molar-refractivity contribution in [2.45, 2.75) is 37.2 Å². The summed E-state index contributed by atoms with van der Waals surface area (Å²) >= 11 is 0. The molecule has 0 aromatic heterocycles. The standard InChI is InChI=1S/C18H23NO4S/c1-13(19-14(2)16-7-5-4-6-8-16)11-15-9-10-17(23-3)18(12-15)24(20,21)22/h4-10,12-14,19H,11H2,1-3H3,(H,20,21,22). The summed E-state index contributed by atoms with van der Waals surface area (Å²) in [4.78, 5) is -0.203. The first-order valence-corrected chi connectivity index (χ1v) is 9.20. The molecule has 130 valence electrons. The molecule has 0 bridgehead atoms. The third-order valence-corrected chi connectivity index (χ3v) is 4.76. The Labute approximate surface area is 143 Å². The van der Waals surface area contributed by atoms with Crippen LogP contribution in [0.1, 0.15) is 31.0 Å². The second kappa shape index (κ2) is 7.79. The van der Waals surface area contributed by atoms with Gasteiger partial charge in [-0.2, -0.15) is 8.42 Å². The summed E-state index contributed by atoms with van der Waals surface area (Å²) in [6.45, 7) is 4.13. The molecule has 2 unspecified atom stereocenters. The van der Waals surface area contributed by atoms with Crippen molar-refractivity contribution in [3.63, 3.8) is 0 Å². The fraction of sp³-hybridized carbons (Fsp3) is 0.333. The van der Waals surface area contributed by atoms with E-state index in [1.165, 1.54) is 18.7 Å². The Morgan fingerprint density at radius 2 is 1.79 bits per heavy atom. The van der Waals surface area contributed by atoms with Crippen LogP contribution < -0.4 is 10.1 Å². The van der Waals surface area contributed by atoms with Crippen molar-refractivity contribution in [1.82, 2.24) is 5.32 Å². The molecule has 0 aliphatic carbocycles. The van der Waals surface area contributed by atoms with Crippen LogP contribution in [0.15, 0.2) is 53.4 Å². The Hall–Kier alpha value is -1.89. The lowest BCUT2D eigenvalue weighted by atomic mass is 10.0. The average Bonchev–Trinajstić information content (AvgIpc) is 2.54. The number of benzene rings is 2. The maximum absolute atomic E-state index is 11.5. The van der Waals surface area contributed by atoms with Gasteiger partial charge in [0.2, 0.25) is 0 Å². The molecule has 24 heavy (non-hydrogen) atoms. The van der Waals surface area contributed by atoms with Crippen molar-refractivity contribution in [3.05, 3.63) is 59.7 Å². The number of ether oxygens (including phenoxy) is 1. The fourth-order valence-electron chi connectivity index (χ4n) is 2.73. The highest BCUT2D eigenvalue weighted by Crippen LogP contribution is 2.25. The highest BCUT2D eigenvalue weighted by atomic mass is 32.2. The summed E-state index contributed by atoms with van der Waals surface area (Å²) in [7, 11) is -2.94. The number of methoxy groups -OCH3 is 1. The van der Waals surface area contributed by atoms with Gasteiger partial charge in [-0.05, 0) is 43.5 Å². The molecule has 0 fully saturated rings. The minimum atomic E-state index is -4.32. The van der Waals surface area contributed by atoms with Crippen molar-refractivity contribution in [2.24, 2.45) is 0 Å². The topological polar surface area (TPSA) is 75.6 Å². The van der Waals surface area contributed by atoms with E-state index < -0.39 is 10.1 Å². The SMILES string of the molecule is COc1ccc(CC(C)NC(C)c2ccccc2)cc1S(=O)(=O)O. The maximum atomic E-state index is 11.5. The summed E-state index contributed by atoms with van der Waals surface area (Å²) in [6.07, 6.45) is 0.629. The van der Waals surface area contributed by atoms with E-state index in [4.69, 9.17) is 4.74 Å². The minimum Gasteiger partial charge on any atom is -0.495 e. The van der Waals surface area contributed by atoms with E-state index in [1.807, 2.05) is 25.1 Å². The van der Waals surface area contributed by atoms with Gasteiger partial charge in [0, 0.05) is 12.1 Å². The molecule has 2 N–H and O–H groups in total.